The van der Waals surface area contributed by atoms with Crippen LogP contribution >= 0.6 is 0 Å². The number of hydrogen-bond donors (Lipinski definition) is 3. The highest BCUT2D eigenvalue weighted by Gasteiger charge is 2.04. The largest absolute Gasteiger partial charge is 0.504 e. The third-order valence-corrected chi connectivity index (χ3v) is 2.32. The zero-order valence-electron chi connectivity index (χ0n) is 10.6. The van der Waals surface area contributed by atoms with Crippen molar-refractivity contribution in [1.29, 1.82) is 0 Å². The molecule has 5 heteroatoms. The Morgan fingerprint density at radius 1 is 1.33 bits per heavy atom. The van der Waals surface area contributed by atoms with E-state index in [1.54, 1.807) is 6.07 Å². The molecule has 1 rings (SSSR count). The zero-order chi connectivity index (χ0) is 13.5. The van der Waals surface area contributed by atoms with E-state index in [0.717, 1.165) is 5.56 Å². The number of ether oxygens (including phenoxy) is 1. The van der Waals surface area contributed by atoms with Crippen molar-refractivity contribution in [3.05, 3.63) is 23.8 Å². The van der Waals surface area contributed by atoms with E-state index in [1.165, 1.54) is 12.1 Å². The van der Waals surface area contributed by atoms with Crippen LogP contribution in [-0.2, 0) is 16.0 Å². The second kappa shape index (κ2) is 6.86. The molecule has 0 aliphatic heterocycles. The number of nitrogens with one attached hydrogen (secondary N) is 1. The summed E-state index contributed by atoms with van der Waals surface area (Å²) >= 11 is 0. The lowest BCUT2D eigenvalue weighted by Gasteiger charge is -2.08. The van der Waals surface area contributed by atoms with Crippen LogP contribution in [0.5, 0.6) is 11.5 Å². The number of phenols is 2. The molecule has 0 aliphatic carbocycles. The van der Waals surface area contributed by atoms with Crippen LogP contribution in [0, 0.1) is 0 Å². The van der Waals surface area contributed by atoms with Gasteiger partial charge in [-0.15, -0.1) is 0 Å². The molecule has 0 unspecified atom stereocenters. The molecule has 0 aliphatic rings. The van der Waals surface area contributed by atoms with Gasteiger partial charge in [0, 0.05) is 6.54 Å². The quantitative estimate of drug-likeness (QED) is 0.665. The molecule has 0 atom stereocenters. The van der Waals surface area contributed by atoms with Crippen molar-refractivity contribution in [3.63, 3.8) is 0 Å². The molecule has 1 aromatic carbocycles. The minimum atomic E-state index is -0.160. The summed E-state index contributed by atoms with van der Waals surface area (Å²) in [6.45, 7) is 4.25. The third kappa shape index (κ3) is 5.05. The molecule has 0 saturated heterocycles. The Bertz CT molecular complexity index is 404. The summed E-state index contributed by atoms with van der Waals surface area (Å²) in [4.78, 5) is 11.3. The minimum absolute atomic E-state index is 0.0322. The van der Waals surface area contributed by atoms with Crippen molar-refractivity contribution in [1.82, 2.24) is 5.32 Å². The molecule has 3 N–H and O–H groups in total. The fourth-order valence-corrected chi connectivity index (χ4v) is 1.36. The first-order valence-corrected chi connectivity index (χ1v) is 5.88. The van der Waals surface area contributed by atoms with Crippen molar-refractivity contribution < 1.29 is 19.7 Å². The predicted molar refractivity (Wildman–Crippen MR) is 67.6 cm³/mol. The summed E-state index contributed by atoms with van der Waals surface area (Å²) in [7, 11) is 0. The lowest BCUT2D eigenvalue weighted by molar-refractivity contribution is -0.127. The normalized spacial score (nSPS) is 10.6. The topological polar surface area (TPSA) is 78.8 Å². The van der Waals surface area contributed by atoms with E-state index in [0.29, 0.717) is 13.0 Å². The third-order valence-electron chi connectivity index (χ3n) is 2.32. The van der Waals surface area contributed by atoms with Crippen molar-refractivity contribution in [2.24, 2.45) is 0 Å². The monoisotopic (exact) mass is 253 g/mol. The standard InChI is InChI=1S/C13H19NO4/c1-9(2)18-8-13(17)14-6-5-10-3-4-11(15)12(16)7-10/h3-4,7,9,15-16H,5-6,8H2,1-2H3,(H,14,17). The number of amides is 1. The van der Waals surface area contributed by atoms with Gasteiger partial charge < -0.3 is 20.3 Å². The van der Waals surface area contributed by atoms with Gasteiger partial charge in [-0.25, -0.2) is 0 Å². The van der Waals surface area contributed by atoms with Crippen LogP contribution in [-0.4, -0.2) is 35.4 Å². The molecular weight excluding hydrogens is 234 g/mol. The van der Waals surface area contributed by atoms with E-state index in [4.69, 9.17) is 9.84 Å². The van der Waals surface area contributed by atoms with Crippen LogP contribution in [0.2, 0.25) is 0 Å². The average molecular weight is 253 g/mol. The molecular formula is C13H19NO4. The van der Waals surface area contributed by atoms with Gasteiger partial charge in [0.1, 0.15) is 6.61 Å². The van der Waals surface area contributed by atoms with E-state index in [1.807, 2.05) is 13.8 Å². The van der Waals surface area contributed by atoms with Gasteiger partial charge in [0.05, 0.1) is 6.10 Å². The van der Waals surface area contributed by atoms with Crippen molar-refractivity contribution in [2.75, 3.05) is 13.2 Å². The van der Waals surface area contributed by atoms with Crippen LogP contribution in [0.1, 0.15) is 19.4 Å². The first-order valence-electron chi connectivity index (χ1n) is 5.88. The van der Waals surface area contributed by atoms with Gasteiger partial charge in [0.2, 0.25) is 5.91 Å². The van der Waals surface area contributed by atoms with Crippen LogP contribution in [0.3, 0.4) is 0 Å². The fraction of sp³-hybridized carbons (Fsp3) is 0.462. The van der Waals surface area contributed by atoms with Crippen LogP contribution in [0.25, 0.3) is 0 Å². The molecule has 0 saturated carbocycles. The van der Waals surface area contributed by atoms with Gasteiger partial charge in [0.15, 0.2) is 11.5 Å². The fourth-order valence-electron chi connectivity index (χ4n) is 1.36. The Labute approximate surface area is 106 Å². The molecule has 0 aromatic heterocycles. The summed E-state index contributed by atoms with van der Waals surface area (Å²) in [6.07, 6.45) is 0.617. The first-order chi connectivity index (χ1) is 8.49. The average Bonchev–Trinajstić information content (AvgIpc) is 2.31. The van der Waals surface area contributed by atoms with Crippen LogP contribution < -0.4 is 5.32 Å². The van der Waals surface area contributed by atoms with Gasteiger partial charge in [-0.05, 0) is 38.0 Å². The Morgan fingerprint density at radius 2 is 2.06 bits per heavy atom. The van der Waals surface area contributed by atoms with Gasteiger partial charge in [0.25, 0.3) is 0 Å². The van der Waals surface area contributed by atoms with Crippen molar-refractivity contribution in [3.8, 4) is 11.5 Å². The lowest BCUT2D eigenvalue weighted by atomic mass is 10.1. The van der Waals surface area contributed by atoms with Gasteiger partial charge in [-0.2, -0.15) is 0 Å². The first kappa shape index (κ1) is 14.3. The number of benzene rings is 1. The molecule has 1 amide bonds. The number of aromatic hydroxyl groups is 2. The van der Waals surface area contributed by atoms with Gasteiger partial charge >= 0.3 is 0 Å². The highest BCUT2D eigenvalue weighted by molar-refractivity contribution is 5.77. The lowest BCUT2D eigenvalue weighted by Crippen LogP contribution is -2.30. The molecule has 1 aromatic rings. The molecule has 0 heterocycles. The molecule has 18 heavy (non-hydrogen) atoms. The van der Waals surface area contributed by atoms with Crippen LogP contribution in [0.15, 0.2) is 18.2 Å². The highest BCUT2D eigenvalue weighted by Crippen LogP contribution is 2.24. The summed E-state index contributed by atoms with van der Waals surface area (Å²) < 4.78 is 5.16. The SMILES string of the molecule is CC(C)OCC(=O)NCCc1ccc(O)c(O)c1. The Morgan fingerprint density at radius 3 is 2.67 bits per heavy atom. The zero-order valence-corrected chi connectivity index (χ0v) is 10.6. The van der Waals surface area contributed by atoms with Gasteiger partial charge in [-0.3, -0.25) is 4.79 Å². The maximum Gasteiger partial charge on any atom is 0.246 e. The summed E-state index contributed by atoms with van der Waals surface area (Å²) in [5.41, 5.74) is 0.843. The highest BCUT2D eigenvalue weighted by atomic mass is 16.5. The Balaban J connectivity index is 2.28. The number of hydrogen-bond acceptors (Lipinski definition) is 4. The number of carbonyl (C=O) groups excluding carboxylic acids is 1. The number of rotatable bonds is 6. The maximum atomic E-state index is 11.3. The molecule has 0 spiro atoms. The van der Waals surface area contributed by atoms with E-state index >= 15 is 0 Å². The Kier molecular flexibility index (Phi) is 5.45. The number of phenolic OH excluding ortho intramolecular Hbond substituents is 2. The molecule has 0 fully saturated rings. The van der Waals surface area contributed by atoms with E-state index < -0.39 is 0 Å². The second-order valence-electron chi connectivity index (χ2n) is 4.28. The molecule has 0 radical (unpaired) electrons. The maximum absolute atomic E-state index is 11.3. The second-order valence-corrected chi connectivity index (χ2v) is 4.28. The minimum Gasteiger partial charge on any atom is -0.504 e. The summed E-state index contributed by atoms with van der Waals surface area (Å²) in [5, 5.41) is 21.2. The van der Waals surface area contributed by atoms with E-state index in [2.05, 4.69) is 5.32 Å². The Hall–Kier alpha value is -1.75. The summed E-state index contributed by atoms with van der Waals surface area (Å²) in [5.74, 6) is -0.457. The molecule has 100 valence electrons. The van der Waals surface area contributed by atoms with Crippen molar-refractivity contribution in [2.45, 2.75) is 26.4 Å². The van der Waals surface area contributed by atoms with Crippen molar-refractivity contribution >= 4 is 5.91 Å². The van der Waals surface area contributed by atoms with E-state index in [9.17, 15) is 9.90 Å². The van der Waals surface area contributed by atoms with Gasteiger partial charge in [-0.1, -0.05) is 6.07 Å². The predicted octanol–water partition coefficient (Wildman–Crippen LogP) is 1.18. The summed E-state index contributed by atoms with van der Waals surface area (Å²) in [6, 6.07) is 4.60. The number of carbonyl (C=O) groups is 1. The smallest absolute Gasteiger partial charge is 0.246 e. The van der Waals surface area contributed by atoms with E-state index in [-0.39, 0.29) is 30.1 Å². The molecule has 5 nitrogen and oxygen atoms in total. The van der Waals surface area contributed by atoms with Crippen LogP contribution in [0.4, 0.5) is 0 Å². The molecule has 0 bridgehead atoms.